The number of aliphatic hydroxyl groups is 1. The summed E-state index contributed by atoms with van der Waals surface area (Å²) in [7, 11) is 0. The van der Waals surface area contributed by atoms with Gasteiger partial charge in [0.15, 0.2) is 0 Å². The lowest BCUT2D eigenvalue weighted by molar-refractivity contribution is -0.122. The molecule has 0 spiro atoms. The minimum atomic E-state index is -0.251. The Morgan fingerprint density at radius 3 is 2.40 bits per heavy atom. The Kier molecular flexibility index (Phi) is 6.26. The highest BCUT2D eigenvalue weighted by atomic mass is 16.3. The van der Waals surface area contributed by atoms with Gasteiger partial charge < -0.3 is 15.3 Å². The largest absolute Gasteiger partial charge is 0.392 e. The van der Waals surface area contributed by atoms with Gasteiger partial charge in [0, 0.05) is 51.7 Å². The van der Waals surface area contributed by atoms with Crippen LogP contribution in [0.15, 0.2) is 0 Å². The second-order valence-electron chi connectivity index (χ2n) is 6.29. The molecule has 2 N–H and O–H groups in total. The van der Waals surface area contributed by atoms with Crippen LogP contribution in [0.5, 0.6) is 0 Å². The minimum absolute atomic E-state index is 0.211. The second-order valence-corrected chi connectivity index (χ2v) is 6.29. The summed E-state index contributed by atoms with van der Waals surface area (Å²) in [6.45, 7) is 7.45. The number of nitrogens with one attached hydrogen (secondary N) is 1. The summed E-state index contributed by atoms with van der Waals surface area (Å²) in [4.78, 5) is 16.5. The van der Waals surface area contributed by atoms with Gasteiger partial charge in [-0.05, 0) is 19.8 Å². The van der Waals surface area contributed by atoms with E-state index in [4.69, 9.17) is 0 Å². The average Bonchev–Trinajstić information content (AvgIpc) is 2.90. The molecule has 1 aliphatic heterocycles. The standard InChI is InChI=1S/C15H29N3O2/c1-13(19)12-18-10-8-17(9-11-18)7-6-15(20)16-14-4-2-3-5-14/h13-14,19H,2-12H2,1H3,(H,16,20)/t13-/m1/s1. The number of hydrogen-bond acceptors (Lipinski definition) is 4. The molecule has 116 valence electrons. The Balaban J connectivity index is 1.57. The van der Waals surface area contributed by atoms with E-state index < -0.39 is 0 Å². The molecule has 2 aliphatic rings. The molecular weight excluding hydrogens is 254 g/mol. The van der Waals surface area contributed by atoms with Gasteiger partial charge in [-0.25, -0.2) is 0 Å². The van der Waals surface area contributed by atoms with Gasteiger partial charge in [-0.3, -0.25) is 9.69 Å². The normalized spacial score (nSPS) is 23.9. The Bertz CT molecular complexity index is 295. The smallest absolute Gasteiger partial charge is 0.221 e. The molecule has 2 fully saturated rings. The van der Waals surface area contributed by atoms with Gasteiger partial charge in [0.1, 0.15) is 0 Å². The Labute approximate surface area is 122 Å². The zero-order valence-corrected chi connectivity index (χ0v) is 12.7. The monoisotopic (exact) mass is 283 g/mol. The van der Waals surface area contributed by atoms with Crippen molar-refractivity contribution < 1.29 is 9.90 Å². The van der Waals surface area contributed by atoms with Gasteiger partial charge in [-0.1, -0.05) is 12.8 Å². The van der Waals surface area contributed by atoms with Crippen molar-refractivity contribution in [2.24, 2.45) is 0 Å². The maximum atomic E-state index is 11.9. The zero-order valence-electron chi connectivity index (χ0n) is 12.7. The van der Waals surface area contributed by atoms with Crippen molar-refractivity contribution in [1.82, 2.24) is 15.1 Å². The third kappa shape index (κ3) is 5.38. The first kappa shape index (κ1) is 15.7. The first-order chi connectivity index (χ1) is 9.63. The van der Waals surface area contributed by atoms with E-state index >= 15 is 0 Å². The molecule has 1 saturated carbocycles. The van der Waals surface area contributed by atoms with Crippen LogP contribution >= 0.6 is 0 Å². The Morgan fingerprint density at radius 1 is 1.20 bits per heavy atom. The van der Waals surface area contributed by atoms with Gasteiger partial charge in [0.05, 0.1) is 6.10 Å². The fourth-order valence-electron chi connectivity index (χ4n) is 3.20. The number of piperazine rings is 1. The van der Waals surface area contributed by atoms with Crippen molar-refractivity contribution in [1.29, 1.82) is 0 Å². The lowest BCUT2D eigenvalue weighted by Crippen LogP contribution is -2.49. The van der Waals surface area contributed by atoms with Crippen LogP contribution in [0, 0.1) is 0 Å². The minimum Gasteiger partial charge on any atom is -0.392 e. The molecule has 2 rings (SSSR count). The summed E-state index contributed by atoms with van der Waals surface area (Å²) in [6.07, 6.45) is 5.20. The van der Waals surface area contributed by atoms with E-state index in [1.807, 2.05) is 6.92 Å². The molecule has 1 saturated heterocycles. The third-order valence-corrected chi connectivity index (χ3v) is 4.36. The lowest BCUT2D eigenvalue weighted by atomic mass is 10.2. The van der Waals surface area contributed by atoms with Gasteiger partial charge >= 0.3 is 0 Å². The Morgan fingerprint density at radius 2 is 1.80 bits per heavy atom. The maximum absolute atomic E-state index is 11.9. The predicted octanol–water partition coefficient (Wildman–Crippen LogP) is 0.434. The molecule has 5 nitrogen and oxygen atoms in total. The molecule has 1 aliphatic carbocycles. The maximum Gasteiger partial charge on any atom is 0.221 e. The van der Waals surface area contributed by atoms with E-state index in [0.29, 0.717) is 12.5 Å². The van der Waals surface area contributed by atoms with Crippen molar-refractivity contribution >= 4 is 5.91 Å². The number of rotatable bonds is 6. The van der Waals surface area contributed by atoms with Crippen molar-refractivity contribution in [2.45, 2.75) is 51.2 Å². The van der Waals surface area contributed by atoms with E-state index in [0.717, 1.165) is 52.1 Å². The van der Waals surface area contributed by atoms with Crippen LogP contribution in [0.4, 0.5) is 0 Å². The number of amides is 1. The number of aliphatic hydroxyl groups excluding tert-OH is 1. The summed E-state index contributed by atoms with van der Waals surface area (Å²) in [6, 6.07) is 0.436. The van der Waals surface area contributed by atoms with E-state index in [-0.39, 0.29) is 12.0 Å². The molecule has 1 atom stereocenters. The van der Waals surface area contributed by atoms with Crippen LogP contribution in [0.25, 0.3) is 0 Å². The SMILES string of the molecule is C[C@@H](O)CN1CCN(CCC(=O)NC2CCCC2)CC1. The van der Waals surface area contributed by atoms with Gasteiger partial charge in [-0.15, -0.1) is 0 Å². The predicted molar refractivity (Wildman–Crippen MR) is 79.6 cm³/mol. The first-order valence-corrected chi connectivity index (χ1v) is 8.05. The molecule has 5 heteroatoms. The zero-order chi connectivity index (χ0) is 14.4. The van der Waals surface area contributed by atoms with Crippen LogP contribution in [-0.4, -0.2) is 72.2 Å². The summed E-state index contributed by atoms with van der Waals surface area (Å²) in [5, 5.41) is 12.5. The highest BCUT2D eigenvalue weighted by molar-refractivity contribution is 5.76. The van der Waals surface area contributed by atoms with Crippen molar-refractivity contribution in [3.8, 4) is 0 Å². The molecule has 0 aromatic carbocycles. The fourth-order valence-corrected chi connectivity index (χ4v) is 3.20. The van der Waals surface area contributed by atoms with Gasteiger partial charge in [0.2, 0.25) is 5.91 Å². The Hall–Kier alpha value is -0.650. The van der Waals surface area contributed by atoms with Gasteiger partial charge in [-0.2, -0.15) is 0 Å². The summed E-state index contributed by atoms with van der Waals surface area (Å²) >= 11 is 0. The first-order valence-electron chi connectivity index (χ1n) is 8.05. The number of hydrogen-bond donors (Lipinski definition) is 2. The summed E-state index contributed by atoms with van der Waals surface area (Å²) in [5.41, 5.74) is 0. The van der Waals surface area contributed by atoms with Crippen LogP contribution in [0.1, 0.15) is 39.0 Å². The van der Waals surface area contributed by atoms with Gasteiger partial charge in [0.25, 0.3) is 0 Å². The molecular formula is C15H29N3O2. The lowest BCUT2D eigenvalue weighted by Gasteiger charge is -2.35. The third-order valence-electron chi connectivity index (χ3n) is 4.36. The van der Waals surface area contributed by atoms with Crippen LogP contribution in [0.2, 0.25) is 0 Å². The number of carbonyl (C=O) groups is 1. The molecule has 1 heterocycles. The molecule has 0 aromatic rings. The highest BCUT2D eigenvalue weighted by Crippen LogP contribution is 2.17. The molecule has 0 radical (unpaired) electrons. The topological polar surface area (TPSA) is 55.8 Å². The molecule has 1 amide bonds. The highest BCUT2D eigenvalue weighted by Gasteiger charge is 2.20. The number of carbonyl (C=O) groups excluding carboxylic acids is 1. The van der Waals surface area contributed by atoms with Crippen molar-refractivity contribution in [2.75, 3.05) is 39.3 Å². The number of nitrogens with zero attached hydrogens (tertiary/aromatic N) is 2. The molecule has 20 heavy (non-hydrogen) atoms. The van der Waals surface area contributed by atoms with E-state index in [2.05, 4.69) is 15.1 Å². The van der Waals surface area contributed by atoms with E-state index in [9.17, 15) is 9.90 Å². The van der Waals surface area contributed by atoms with Crippen LogP contribution in [-0.2, 0) is 4.79 Å². The average molecular weight is 283 g/mol. The number of β-amino-alcohol motifs (C(OH)–C–C–N with tert-alkyl or cyclic N) is 1. The molecule has 0 unspecified atom stereocenters. The molecule has 0 bridgehead atoms. The summed E-state index contributed by atoms with van der Waals surface area (Å²) in [5.74, 6) is 0.211. The van der Waals surface area contributed by atoms with E-state index in [1.165, 1.54) is 12.8 Å². The fraction of sp³-hybridized carbons (Fsp3) is 0.933. The second kappa shape index (κ2) is 7.96. The van der Waals surface area contributed by atoms with E-state index in [1.54, 1.807) is 0 Å². The summed E-state index contributed by atoms with van der Waals surface area (Å²) < 4.78 is 0. The van der Waals surface area contributed by atoms with Crippen LogP contribution in [0.3, 0.4) is 0 Å². The van der Waals surface area contributed by atoms with Crippen LogP contribution < -0.4 is 5.32 Å². The molecule has 0 aromatic heterocycles. The van der Waals surface area contributed by atoms with Crippen molar-refractivity contribution in [3.05, 3.63) is 0 Å². The quantitative estimate of drug-likeness (QED) is 0.742. The van der Waals surface area contributed by atoms with Crippen molar-refractivity contribution in [3.63, 3.8) is 0 Å².